The predicted molar refractivity (Wildman–Crippen MR) is 69.1 cm³/mol. The maximum atomic E-state index is 10.5. The van der Waals surface area contributed by atoms with Crippen LogP contribution in [0.5, 0.6) is 0 Å². The Morgan fingerprint density at radius 3 is 2.89 bits per heavy atom. The normalized spacial score (nSPS) is 55.1. The minimum Gasteiger partial charge on any atom is -0.396 e. The van der Waals surface area contributed by atoms with Crippen LogP contribution < -0.4 is 0 Å². The van der Waals surface area contributed by atoms with E-state index in [1.54, 1.807) is 0 Å². The lowest BCUT2D eigenvalue weighted by atomic mass is 9.52. The van der Waals surface area contributed by atoms with Gasteiger partial charge in [0, 0.05) is 17.3 Å². The van der Waals surface area contributed by atoms with E-state index in [0.29, 0.717) is 12.3 Å². The summed E-state index contributed by atoms with van der Waals surface area (Å²) in [6.45, 7) is 6.55. The average molecular weight is 252 g/mol. The summed E-state index contributed by atoms with van der Waals surface area (Å²) in [6, 6.07) is 0. The molecule has 3 rings (SSSR count). The molecule has 3 nitrogen and oxygen atoms in total. The van der Waals surface area contributed by atoms with Crippen LogP contribution in [-0.2, 0) is 4.74 Å². The molecule has 1 saturated heterocycles. The van der Waals surface area contributed by atoms with Crippen LogP contribution in [-0.4, -0.2) is 35.1 Å². The first-order chi connectivity index (χ1) is 8.45. The van der Waals surface area contributed by atoms with Gasteiger partial charge < -0.3 is 14.9 Å². The summed E-state index contributed by atoms with van der Waals surface area (Å²) < 4.78 is 6.20. The van der Waals surface area contributed by atoms with Gasteiger partial charge in [-0.3, -0.25) is 0 Å². The first kappa shape index (κ1) is 12.6. The van der Waals surface area contributed by atoms with Crippen LogP contribution in [0.2, 0.25) is 0 Å². The summed E-state index contributed by atoms with van der Waals surface area (Å²) in [7, 11) is 0. The van der Waals surface area contributed by atoms with Gasteiger partial charge in [-0.05, 0) is 25.7 Å². The summed E-state index contributed by atoms with van der Waals surface area (Å²) in [6.07, 6.45) is 4.55. The van der Waals surface area contributed by atoms with Gasteiger partial charge in [-0.15, -0.1) is 0 Å². The van der Waals surface area contributed by atoms with Gasteiger partial charge in [0.05, 0.1) is 24.9 Å². The SMILES string of the molecule is CC1=C[C@H]2O[C@@H]3C[C@@H](O)[C@@](C)([C@@H]3C)[C@@]2(CO)CC1. The van der Waals surface area contributed by atoms with Crippen molar-refractivity contribution < 1.29 is 14.9 Å². The van der Waals surface area contributed by atoms with E-state index in [9.17, 15) is 10.2 Å². The molecule has 0 aromatic carbocycles. The first-order valence-corrected chi connectivity index (χ1v) is 7.07. The van der Waals surface area contributed by atoms with Crippen LogP contribution in [0.15, 0.2) is 11.6 Å². The van der Waals surface area contributed by atoms with E-state index in [0.717, 1.165) is 12.8 Å². The maximum absolute atomic E-state index is 10.5. The lowest BCUT2D eigenvalue weighted by molar-refractivity contribution is -0.214. The number of aliphatic hydroxyl groups excluding tert-OH is 2. The Hall–Kier alpha value is -0.380. The van der Waals surface area contributed by atoms with E-state index in [4.69, 9.17) is 4.74 Å². The van der Waals surface area contributed by atoms with Crippen molar-refractivity contribution in [3.05, 3.63) is 11.6 Å². The number of allylic oxidation sites excluding steroid dienone is 1. The van der Waals surface area contributed by atoms with E-state index >= 15 is 0 Å². The van der Waals surface area contributed by atoms with E-state index in [1.807, 2.05) is 0 Å². The van der Waals surface area contributed by atoms with Crippen molar-refractivity contribution in [2.24, 2.45) is 16.7 Å². The third-order valence-electron chi connectivity index (χ3n) is 6.27. The quantitative estimate of drug-likeness (QED) is 0.701. The highest BCUT2D eigenvalue weighted by molar-refractivity contribution is 5.23. The smallest absolute Gasteiger partial charge is 0.0846 e. The van der Waals surface area contributed by atoms with E-state index in [2.05, 4.69) is 26.8 Å². The Morgan fingerprint density at radius 2 is 2.22 bits per heavy atom. The van der Waals surface area contributed by atoms with Crippen LogP contribution >= 0.6 is 0 Å². The molecule has 3 heteroatoms. The Bertz CT molecular complexity index is 391. The van der Waals surface area contributed by atoms with Gasteiger partial charge in [0.25, 0.3) is 0 Å². The van der Waals surface area contributed by atoms with Crippen molar-refractivity contribution in [2.75, 3.05) is 6.61 Å². The Morgan fingerprint density at radius 1 is 1.50 bits per heavy atom. The van der Waals surface area contributed by atoms with Crippen LogP contribution in [0.3, 0.4) is 0 Å². The number of fused-ring (bicyclic) bond motifs is 4. The van der Waals surface area contributed by atoms with E-state index < -0.39 is 0 Å². The Kier molecular flexibility index (Phi) is 2.68. The van der Waals surface area contributed by atoms with Gasteiger partial charge in [0.1, 0.15) is 0 Å². The van der Waals surface area contributed by atoms with Gasteiger partial charge in [0.15, 0.2) is 0 Å². The van der Waals surface area contributed by atoms with Crippen LogP contribution in [0.25, 0.3) is 0 Å². The van der Waals surface area contributed by atoms with Crippen molar-refractivity contribution in [3.63, 3.8) is 0 Å². The summed E-state index contributed by atoms with van der Waals surface area (Å²) in [4.78, 5) is 0. The highest BCUT2D eigenvalue weighted by Crippen LogP contribution is 2.64. The molecule has 0 radical (unpaired) electrons. The third-order valence-corrected chi connectivity index (χ3v) is 6.27. The van der Waals surface area contributed by atoms with E-state index in [1.165, 1.54) is 5.57 Å². The number of hydrogen-bond donors (Lipinski definition) is 2. The van der Waals surface area contributed by atoms with Crippen molar-refractivity contribution in [3.8, 4) is 0 Å². The van der Waals surface area contributed by atoms with Gasteiger partial charge in [-0.2, -0.15) is 0 Å². The fourth-order valence-corrected chi connectivity index (χ4v) is 4.65. The monoisotopic (exact) mass is 252 g/mol. The molecule has 1 heterocycles. The molecule has 3 aliphatic rings. The average Bonchev–Trinajstić information content (AvgIpc) is 2.51. The largest absolute Gasteiger partial charge is 0.396 e. The molecule has 2 aliphatic carbocycles. The zero-order valence-corrected chi connectivity index (χ0v) is 11.5. The van der Waals surface area contributed by atoms with Crippen LogP contribution in [0, 0.1) is 16.7 Å². The molecule has 6 atom stereocenters. The van der Waals surface area contributed by atoms with E-state index in [-0.39, 0.29) is 35.7 Å². The second-order valence-corrected chi connectivity index (χ2v) is 6.75. The fraction of sp³-hybridized carbons (Fsp3) is 0.867. The lowest BCUT2D eigenvalue weighted by Gasteiger charge is -2.58. The molecule has 0 amide bonds. The summed E-state index contributed by atoms with van der Waals surface area (Å²) >= 11 is 0. The molecule has 102 valence electrons. The predicted octanol–water partition coefficient (Wildman–Crippen LogP) is 1.88. The third kappa shape index (κ3) is 1.25. The lowest BCUT2D eigenvalue weighted by Crippen LogP contribution is -2.61. The number of hydrogen-bond acceptors (Lipinski definition) is 3. The molecular weight excluding hydrogens is 228 g/mol. The highest BCUT2D eigenvalue weighted by Gasteiger charge is 2.67. The van der Waals surface area contributed by atoms with Crippen LogP contribution in [0.1, 0.15) is 40.0 Å². The first-order valence-electron chi connectivity index (χ1n) is 7.07. The minimum atomic E-state index is -0.360. The molecule has 1 saturated carbocycles. The number of ether oxygens (including phenoxy) is 1. The topological polar surface area (TPSA) is 49.7 Å². The summed E-state index contributed by atoms with van der Waals surface area (Å²) in [5.41, 5.74) is 0.807. The molecule has 2 N–H and O–H groups in total. The van der Waals surface area contributed by atoms with Gasteiger partial charge in [0.2, 0.25) is 0 Å². The molecule has 0 aromatic heterocycles. The fourth-order valence-electron chi connectivity index (χ4n) is 4.65. The molecule has 0 unspecified atom stereocenters. The van der Waals surface area contributed by atoms with Gasteiger partial charge in [-0.25, -0.2) is 0 Å². The minimum absolute atomic E-state index is 0.0281. The van der Waals surface area contributed by atoms with Crippen molar-refractivity contribution >= 4 is 0 Å². The van der Waals surface area contributed by atoms with Gasteiger partial charge >= 0.3 is 0 Å². The van der Waals surface area contributed by atoms with Gasteiger partial charge in [-0.1, -0.05) is 25.5 Å². The molecule has 0 spiro atoms. The van der Waals surface area contributed by atoms with Crippen molar-refractivity contribution in [2.45, 2.75) is 58.3 Å². The summed E-state index contributed by atoms with van der Waals surface area (Å²) in [5.74, 6) is 0.308. The Balaban J connectivity index is 2.12. The standard InChI is InChI=1S/C15H24O3/c1-9-4-5-15(8-16)13(6-9)18-11-7-12(17)14(15,3)10(11)2/h6,10-13,16-17H,4-5,7-8H2,1-3H3/t10-,11-,12-,13-,14-,15-/m1/s1. The number of aliphatic hydroxyl groups is 2. The molecule has 18 heavy (non-hydrogen) atoms. The molecular formula is C15H24O3. The van der Waals surface area contributed by atoms with Crippen molar-refractivity contribution in [1.29, 1.82) is 0 Å². The molecule has 2 bridgehead atoms. The summed E-state index contributed by atoms with van der Waals surface area (Å²) in [5, 5.41) is 20.6. The Labute approximate surface area is 109 Å². The van der Waals surface area contributed by atoms with Crippen LogP contribution in [0.4, 0.5) is 0 Å². The highest BCUT2D eigenvalue weighted by atomic mass is 16.5. The zero-order valence-electron chi connectivity index (χ0n) is 11.5. The molecule has 0 aromatic rings. The second kappa shape index (κ2) is 3.81. The van der Waals surface area contributed by atoms with Crippen molar-refractivity contribution in [1.82, 2.24) is 0 Å². The molecule has 2 fully saturated rings. The maximum Gasteiger partial charge on any atom is 0.0846 e. The molecule has 1 aliphatic heterocycles. The number of rotatable bonds is 1. The second-order valence-electron chi connectivity index (χ2n) is 6.75. The zero-order chi connectivity index (χ0) is 13.1.